The average Bonchev–Trinajstić information content (AvgIpc) is 3.33. The minimum atomic E-state index is -1.07. The third-order valence-electron chi connectivity index (χ3n) is 4.46. The monoisotopic (exact) mass is 450 g/mol. The number of carbonyl (C=O) groups excluding carboxylic acids is 1. The molecule has 5 N–H and O–H groups in total. The molecule has 3 aromatic rings. The number of rotatable bonds is 9. The number of carboxylic acids is 2. The summed E-state index contributed by atoms with van der Waals surface area (Å²) in [6, 6.07) is 20.1. The molecular formula is C25H26N2O6. The first-order valence-electron chi connectivity index (χ1n) is 10.2. The summed E-state index contributed by atoms with van der Waals surface area (Å²) in [7, 11) is 0. The van der Waals surface area contributed by atoms with Gasteiger partial charge in [0.2, 0.25) is 5.91 Å². The number of furan rings is 1. The van der Waals surface area contributed by atoms with Crippen LogP contribution in [0.4, 0.5) is 0 Å². The van der Waals surface area contributed by atoms with Crippen molar-refractivity contribution < 1.29 is 29.0 Å². The number of carboxylic acid groups (broad SMARTS) is 2. The van der Waals surface area contributed by atoms with Crippen molar-refractivity contribution in [2.75, 3.05) is 0 Å². The largest absolute Gasteiger partial charge is 0.480 e. The summed E-state index contributed by atoms with van der Waals surface area (Å²) in [5, 5.41) is 20.2. The Hall–Kier alpha value is -4.17. The summed E-state index contributed by atoms with van der Waals surface area (Å²) < 4.78 is 5.05. The molecule has 1 amide bonds. The van der Waals surface area contributed by atoms with E-state index in [1.54, 1.807) is 12.1 Å². The van der Waals surface area contributed by atoms with Crippen molar-refractivity contribution >= 4 is 23.9 Å². The van der Waals surface area contributed by atoms with Crippen molar-refractivity contribution in [1.82, 2.24) is 5.32 Å². The Morgan fingerprint density at radius 2 is 1.42 bits per heavy atom. The van der Waals surface area contributed by atoms with Crippen LogP contribution in [0.15, 0.2) is 89.6 Å². The number of nitrogens with one attached hydrogen (secondary N) is 1. The number of aliphatic carboxylic acids is 2. The summed E-state index contributed by atoms with van der Waals surface area (Å²) in [4.78, 5) is 33.3. The molecule has 1 heterocycles. The molecule has 0 aliphatic rings. The van der Waals surface area contributed by atoms with Crippen molar-refractivity contribution in [1.29, 1.82) is 0 Å². The summed E-state index contributed by atoms with van der Waals surface area (Å²) in [5.41, 5.74) is 7.15. The molecule has 0 bridgehead atoms. The zero-order valence-electron chi connectivity index (χ0n) is 17.8. The van der Waals surface area contributed by atoms with Crippen LogP contribution < -0.4 is 11.1 Å². The quantitative estimate of drug-likeness (QED) is 0.367. The fraction of sp³-hybridized carbons (Fsp3) is 0.160. The van der Waals surface area contributed by atoms with Gasteiger partial charge >= 0.3 is 11.9 Å². The van der Waals surface area contributed by atoms with E-state index in [-0.39, 0.29) is 6.42 Å². The maximum atomic E-state index is 11.7. The lowest BCUT2D eigenvalue weighted by molar-refractivity contribution is -0.141. The third kappa shape index (κ3) is 9.67. The lowest BCUT2D eigenvalue weighted by Gasteiger charge is -2.13. The molecule has 0 saturated carbocycles. The molecule has 0 saturated heterocycles. The predicted octanol–water partition coefficient (Wildman–Crippen LogP) is 2.75. The molecule has 0 aliphatic carbocycles. The standard InChI is InChI=1S/C16H15NO4.C9H11NO2/c18-15(9-8-13-7-4-10-21-13)17-14(16(19)20)11-12-5-2-1-3-6-12;10-8(9(11)12)6-7-4-2-1-3-5-7/h1-10,14H,11H2,(H,17,18)(H,19,20);1-5,8H,6,10H2,(H,11,12)/t14-;8-/m00/s1. The van der Waals surface area contributed by atoms with Crippen LogP contribution in [-0.2, 0) is 27.2 Å². The number of nitrogens with two attached hydrogens (primary N) is 1. The Morgan fingerprint density at radius 1 is 0.848 bits per heavy atom. The molecule has 3 rings (SSSR count). The van der Waals surface area contributed by atoms with E-state index in [4.69, 9.17) is 15.3 Å². The van der Waals surface area contributed by atoms with E-state index in [0.29, 0.717) is 12.2 Å². The smallest absolute Gasteiger partial charge is 0.326 e. The predicted molar refractivity (Wildman–Crippen MR) is 123 cm³/mol. The molecule has 33 heavy (non-hydrogen) atoms. The number of hydrogen-bond acceptors (Lipinski definition) is 5. The van der Waals surface area contributed by atoms with Crippen LogP contribution in [0.25, 0.3) is 6.08 Å². The third-order valence-corrected chi connectivity index (χ3v) is 4.46. The van der Waals surface area contributed by atoms with E-state index < -0.39 is 29.9 Å². The van der Waals surface area contributed by atoms with Gasteiger partial charge in [-0.1, -0.05) is 60.7 Å². The van der Waals surface area contributed by atoms with Gasteiger partial charge in [-0.05, 0) is 35.8 Å². The van der Waals surface area contributed by atoms with Crippen molar-refractivity contribution in [2.24, 2.45) is 5.73 Å². The summed E-state index contributed by atoms with van der Waals surface area (Å²) >= 11 is 0. The Balaban J connectivity index is 0.000000273. The number of amides is 1. The second kappa shape index (κ2) is 13.3. The maximum Gasteiger partial charge on any atom is 0.326 e. The van der Waals surface area contributed by atoms with Gasteiger partial charge in [-0.25, -0.2) is 4.79 Å². The highest BCUT2D eigenvalue weighted by Crippen LogP contribution is 2.05. The zero-order valence-corrected chi connectivity index (χ0v) is 17.8. The van der Waals surface area contributed by atoms with Gasteiger partial charge in [0.1, 0.15) is 17.8 Å². The van der Waals surface area contributed by atoms with E-state index in [1.807, 2.05) is 60.7 Å². The molecule has 172 valence electrons. The molecule has 0 unspecified atom stereocenters. The summed E-state index contributed by atoms with van der Waals surface area (Å²) in [6.07, 6.45) is 4.84. The van der Waals surface area contributed by atoms with E-state index in [9.17, 15) is 19.5 Å². The van der Waals surface area contributed by atoms with Crippen molar-refractivity contribution in [3.63, 3.8) is 0 Å². The second-order valence-corrected chi connectivity index (χ2v) is 7.07. The second-order valence-electron chi connectivity index (χ2n) is 7.07. The van der Waals surface area contributed by atoms with Crippen LogP contribution in [-0.4, -0.2) is 40.1 Å². The molecule has 2 aromatic carbocycles. The first kappa shape index (κ1) is 25.1. The van der Waals surface area contributed by atoms with Crippen molar-refractivity contribution in [2.45, 2.75) is 24.9 Å². The van der Waals surface area contributed by atoms with Crippen molar-refractivity contribution in [3.05, 3.63) is 102 Å². The van der Waals surface area contributed by atoms with Crippen LogP contribution in [0.1, 0.15) is 16.9 Å². The van der Waals surface area contributed by atoms with E-state index in [1.165, 1.54) is 18.4 Å². The van der Waals surface area contributed by atoms with Gasteiger partial charge in [-0.3, -0.25) is 9.59 Å². The Kier molecular flexibility index (Phi) is 10.1. The Bertz CT molecular complexity index is 1030. The Morgan fingerprint density at radius 3 is 1.91 bits per heavy atom. The zero-order chi connectivity index (χ0) is 24.1. The van der Waals surface area contributed by atoms with Gasteiger partial charge in [0.05, 0.1) is 6.26 Å². The molecule has 0 spiro atoms. The molecule has 0 aliphatic heterocycles. The lowest BCUT2D eigenvalue weighted by Crippen LogP contribution is -2.41. The van der Waals surface area contributed by atoms with Crippen LogP contribution in [0.2, 0.25) is 0 Å². The lowest BCUT2D eigenvalue weighted by atomic mass is 10.1. The molecule has 0 radical (unpaired) electrons. The Labute approximate surface area is 191 Å². The van der Waals surface area contributed by atoms with Gasteiger partial charge < -0.3 is 25.7 Å². The van der Waals surface area contributed by atoms with E-state index in [0.717, 1.165) is 11.1 Å². The maximum absolute atomic E-state index is 11.7. The van der Waals surface area contributed by atoms with Gasteiger partial charge in [-0.2, -0.15) is 0 Å². The molecule has 2 atom stereocenters. The fourth-order valence-electron chi connectivity index (χ4n) is 2.77. The van der Waals surface area contributed by atoms with Gasteiger partial charge in [0.15, 0.2) is 0 Å². The molecular weight excluding hydrogens is 424 g/mol. The summed E-state index contributed by atoms with van der Waals surface area (Å²) in [5.74, 6) is -1.98. The highest BCUT2D eigenvalue weighted by atomic mass is 16.4. The van der Waals surface area contributed by atoms with E-state index >= 15 is 0 Å². The van der Waals surface area contributed by atoms with E-state index in [2.05, 4.69) is 5.32 Å². The first-order chi connectivity index (χ1) is 15.8. The normalized spacial score (nSPS) is 12.3. The minimum absolute atomic E-state index is 0.233. The van der Waals surface area contributed by atoms with Gasteiger partial charge in [0.25, 0.3) is 0 Å². The fourth-order valence-corrected chi connectivity index (χ4v) is 2.77. The van der Waals surface area contributed by atoms with Gasteiger partial charge in [0, 0.05) is 12.5 Å². The summed E-state index contributed by atoms with van der Waals surface area (Å²) in [6.45, 7) is 0. The highest BCUT2D eigenvalue weighted by Gasteiger charge is 2.19. The van der Waals surface area contributed by atoms with Crippen LogP contribution in [0.3, 0.4) is 0 Å². The molecule has 8 nitrogen and oxygen atoms in total. The number of carbonyl (C=O) groups is 3. The van der Waals surface area contributed by atoms with Crippen molar-refractivity contribution in [3.8, 4) is 0 Å². The molecule has 0 fully saturated rings. The average molecular weight is 450 g/mol. The SMILES string of the molecule is N[C@@H](Cc1ccccc1)C(=O)O.O=C(C=Cc1ccco1)N[C@@H](Cc1ccccc1)C(=O)O. The molecule has 8 heteroatoms. The number of hydrogen-bond donors (Lipinski definition) is 4. The van der Waals surface area contributed by atoms with Gasteiger partial charge in [-0.15, -0.1) is 0 Å². The van der Waals surface area contributed by atoms with Crippen LogP contribution in [0.5, 0.6) is 0 Å². The molecule has 1 aromatic heterocycles. The minimum Gasteiger partial charge on any atom is -0.480 e. The van der Waals surface area contributed by atoms with Crippen LogP contribution in [0, 0.1) is 0 Å². The van der Waals surface area contributed by atoms with Crippen LogP contribution >= 0.6 is 0 Å². The highest BCUT2D eigenvalue weighted by molar-refractivity contribution is 5.94. The topological polar surface area (TPSA) is 143 Å². The first-order valence-corrected chi connectivity index (χ1v) is 10.2. The number of benzene rings is 2.